The van der Waals surface area contributed by atoms with Crippen LogP contribution in [0.3, 0.4) is 0 Å². The van der Waals surface area contributed by atoms with Gasteiger partial charge in [-0.25, -0.2) is 4.39 Å². The molecule has 0 saturated carbocycles. The number of nitrogens with two attached hydrogens (primary N) is 1. The Bertz CT molecular complexity index is 644. The van der Waals surface area contributed by atoms with Gasteiger partial charge in [-0.05, 0) is 36.4 Å². The minimum atomic E-state index is -0.639. The molecule has 2 aromatic rings. The van der Waals surface area contributed by atoms with E-state index in [0.29, 0.717) is 0 Å². The molecule has 0 heterocycles. The van der Waals surface area contributed by atoms with Crippen LogP contribution in [-0.2, 0) is 0 Å². The van der Waals surface area contributed by atoms with Gasteiger partial charge in [0.1, 0.15) is 17.3 Å². The summed E-state index contributed by atoms with van der Waals surface area (Å²) in [5.74, 6) is -1.65. The summed E-state index contributed by atoms with van der Waals surface area (Å²) in [6, 6.07) is 7.28. The lowest BCUT2D eigenvalue weighted by atomic mass is 10.1. The monoisotopic (exact) mass is 262 g/mol. The maximum atomic E-state index is 13.0. The van der Waals surface area contributed by atoms with Gasteiger partial charge in [-0.15, -0.1) is 0 Å². The van der Waals surface area contributed by atoms with Crippen molar-refractivity contribution in [3.05, 3.63) is 47.8 Å². The Hall–Kier alpha value is -2.76. The third-order valence-electron chi connectivity index (χ3n) is 2.48. The Balaban J connectivity index is 2.25. The van der Waals surface area contributed by atoms with Crippen LogP contribution in [0.5, 0.6) is 11.5 Å². The van der Waals surface area contributed by atoms with Crippen LogP contribution in [0.25, 0.3) is 0 Å². The number of carbonyl (C=O) groups excluding carboxylic acids is 1. The van der Waals surface area contributed by atoms with E-state index in [0.717, 1.165) is 12.1 Å². The van der Waals surface area contributed by atoms with Crippen molar-refractivity contribution in [3.63, 3.8) is 0 Å². The van der Waals surface area contributed by atoms with Crippen LogP contribution in [-0.4, -0.2) is 16.1 Å². The number of aromatic hydroxyl groups is 2. The number of phenols is 2. The van der Waals surface area contributed by atoms with E-state index in [1.165, 1.54) is 24.3 Å². The smallest absolute Gasteiger partial charge is 0.259 e. The van der Waals surface area contributed by atoms with E-state index in [2.05, 4.69) is 5.32 Å². The molecule has 0 radical (unpaired) electrons. The molecule has 5 nitrogen and oxygen atoms in total. The predicted octanol–water partition coefficient (Wildman–Crippen LogP) is 2.07. The van der Waals surface area contributed by atoms with Crippen LogP contribution in [0.15, 0.2) is 36.4 Å². The number of hydrogen-bond acceptors (Lipinski definition) is 4. The van der Waals surface area contributed by atoms with Gasteiger partial charge in [0.25, 0.3) is 5.91 Å². The number of halogens is 1. The first kappa shape index (κ1) is 12.7. The van der Waals surface area contributed by atoms with Crippen LogP contribution >= 0.6 is 0 Å². The highest BCUT2D eigenvalue weighted by molar-refractivity contribution is 6.06. The summed E-state index contributed by atoms with van der Waals surface area (Å²) in [5, 5.41) is 21.2. The average Bonchev–Trinajstić information content (AvgIpc) is 2.36. The van der Waals surface area contributed by atoms with Gasteiger partial charge in [0, 0.05) is 5.69 Å². The molecule has 0 aliphatic rings. The molecule has 19 heavy (non-hydrogen) atoms. The fourth-order valence-electron chi connectivity index (χ4n) is 1.53. The second-order valence-electron chi connectivity index (χ2n) is 3.89. The van der Waals surface area contributed by atoms with Gasteiger partial charge >= 0.3 is 0 Å². The Morgan fingerprint density at radius 3 is 2.58 bits per heavy atom. The topological polar surface area (TPSA) is 95.6 Å². The SMILES string of the molecule is Nc1cc(NC(=O)c2cc(O)ccc2O)ccc1F. The molecule has 1 amide bonds. The first-order valence-electron chi connectivity index (χ1n) is 5.36. The number of benzene rings is 2. The summed E-state index contributed by atoms with van der Waals surface area (Å²) in [4.78, 5) is 11.9. The van der Waals surface area contributed by atoms with E-state index in [-0.39, 0.29) is 28.4 Å². The highest BCUT2D eigenvalue weighted by Crippen LogP contribution is 2.24. The van der Waals surface area contributed by atoms with E-state index in [9.17, 15) is 19.4 Å². The number of nitrogen functional groups attached to an aromatic ring is 1. The predicted molar refractivity (Wildman–Crippen MR) is 68.5 cm³/mol. The van der Waals surface area contributed by atoms with Crippen molar-refractivity contribution >= 4 is 17.3 Å². The minimum Gasteiger partial charge on any atom is -0.508 e. The largest absolute Gasteiger partial charge is 0.508 e. The quantitative estimate of drug-likeness (QED) is 0.492. The molecule has 98 valence electrons. The molecular formula is C13H11FN2O3. The number of nitrogens with one attached hydrogen (secondary N) is 1. The molecule has 0 atom stereocenters. The normalized spacial score (nSPS) is 10.2. The van der Waals surface area contributed by atoms with Crippen LogP contribution in [0.4, 0.5) is 15.8 Å². The van der Waals surface area contributed by atoms with Crippen molar-refractivity contribution in [2.75, 3.05) is 11.1 Å². The van der Waals surface area contributed by atoms with E-state index >= 15 is 0 Å². The molecule has 0 saturated heterocycles. The van der Waals surface area contributed by atoms with Gasteiger partial charge in [-0.2, -0.15) is 0 Å². The van der Waals surface area contributed by atoms with Crippen molar-refractivity contribution in [1.82, 2.24) is 0 Å². The summed E-state index contributed by atoms with van der Waals surface area (Å²) in [7, 11) is 0. The van der Waals surface area contributed by atoms with Gasteiger partial charge in [0.05, 0.1) is 11.3 Å². The van der Waals surface area contributed by atoms with Crippen molar-refractivity contribution in [2.45, 2.75) is 0 Å². The molecule has 2 rings (SSSR count). The number of carbonyl (C=O) groups is 1. The Morgan fingerprint density at radius 1 is 1.16 bits per heavy atom. The van der Waals surface area contributed by atoms with Crippen molar-refractivity contribution in [1.29, 1.82) is 0 Å². The number of hydrogen-bond donors (Lipinski definition) is 4. The molecule has 0 fully saturated rings. The number of phenolic OH excluding ortho intramolecular Hbond substituents is 2. The maximum Gasteiger partial charge on any atom is 0.259 e. The molecule has 0 bridgehead atoms. The zero-order valence-electron chi connectivity index (χ0n) is 9.72. The van der Waals surface area contributed by atoms with Crippen LogP contribution in [0.2, 0.25) is 0 Å². The lowest BCUT2D eigenvalue weighted by molar-refractivity contribution is 0.102. The molecule has 6 heteroatoms. The molecule has 0 aliphatic carbocycles. The lowest BCUT2D eigenvalue weighted by Crippen LogP contribution is -2.12. The van der Waals surface area contributed by atoms with Gasteiger partial charge in [0.2, 0.25) is 0 Å². The zero-order valence-corrected chi connectivity index (χ0v) is 9.72. The number of anilines is 2. The zero-order chi connectivity index (χ0) is 14.0. The van der Waals surface area contributed by atoms with E-state index in [1.807, 2.05) is 0 Å². The van der Waals surface area contributed by atoms with Crippen molar-refractivity contribution in [2.24, 2.45) is 0 Å². The third-order valence-corrected chi connectivity index (χ3v) is 2.48. The molecule has 0 unspecified atom stereocenters. The van der Waals surface area contributed by atoms with Gasteiger partial charge < -0.3 is 21.3 Å². The van der Waals surface area contributed by atoms with Crippen molar-refractivity contribution < 1.29 is 19.4 Å². The first-order valence-corrected chi connectivity index (χ1v) is 5.36. The average molecular weight is 262 g/mol. The molecule has 5 N–H and O–H groups in total. The molecular weight excluding hydrogens is 251 g/mol. The van der Waals surface area contributed by atoms with E-state index in [1.54, 1.807) is 0 Å². The molecule has 0 aliphatic heterocycles. The van der Waals surface area contributed by atoms with Gasteiger partial charge in [-0.3, -0.25) is 4.79 Å². The number of rotatable bonds is 2. The van der Waals surface area contributed by atoms with E-state index < -0.39 is 11.7 Å². The Labute approximate surface area is 108 Å². The lowest BCUT2D eigenvalue weighted by Gasteiger charge is -2.08. The summed E-state index contributed by atoms with van der Waals surface area (Å²) in [5.41, 5.74) is 5.46. The Kier molecular flexibility index (Phi) is 3.24. The summed E-state index contributed by atoms with van der Waals surface area (Å²) >= 11 is 0. The van der Waals surface area contributed by atoms with Crippen LogP contribution in [0, 0.1) is 5.82 Å². The van der Waals surface area contributed by atoms with Crippen LogP contribution in [0.1, 0.15) is 10.4 Å². The summed E-state index contributed by atoms with van der Waals surface area (Å²) in [6.07, 6.45) is 0. The summed E-state index contributed by atoms with van der Waals surface area (Å²) in [6.45, 7) is 0. The van der Waals surface area contributed by atoms with Crippen molar-refractivity contribution in [3.8, 4) is 11.5 Å². The molecule has 2 aromatic carbocycles. The van der Waals surface area contributed by atoms with Crippen LogP contribution < -0.4 is 11.1 Å². The third kappa shape index (κ3) is 2.74. The highest BCUT2D eigenvalue weighted by Gasteiger charge is 2.12. The van der Waals surface area contributed by atoms with Gasteiger partial charge in [-0.1, -0.05) is 0 Å². The minimum absolute atomic E-state index is 0.0945. The highest BCUT2D eigenvalue weighted by atomic mass is 19.1. The molecule has 0 spiro atoms. The fraction of sp³-hybridized carbons (Fsp3) is 0. The standard InChI is InChI=1S/C13H11FN2O3/c14-10-3-1-7(5-11(10)15)16-13(19)9-6-8(17)2-4-12(9)18/h1-6,17-18H,15H2,(H,16,19). The fourth-order valence-corrected chi connectivity index (χ4v) is 1.53. The second-order valence-corrected chi connectivity index (χ2v) is 3.89. The molecule has 0 aromatic heterocycles. The van der Waals surface area contributed by atoms with Gasteiger partial charge in [0.15, 0.2) is 0 Å². The summed E-state index contributed by atoms with van der Waals surface area (Å²) < 4.78 is 13.0. The van der Waals surface area contributed by atoms with E-state index in [4.69, 9.17) is 5.73 Å². The maximum absolute atomic E-state index is 13.0. The number of amides is 1. The second kappa shape index (κ2) is 4.85. The first-order chi connectivity index (χ1) is 8.97. The Morgan fingerprint density at radius 2 is 1.89 bits per heavy atom.